The summed E-state index contributed by atoms with van der Waals surface area (Å²) in [5.74, 6) is 0.735. The molecule has 0 aromatic carbocycles. The quantitative estimate of drug-likeness (QED) is 0.909. The van der Waals surface area contributed by atoms with Crippen molar-refractivity contribution in [1.29, 1.82) is 0 Å². The topological polar surface area (TPSA) is 28.2 Å². The molecule has 2 aliphatic heterocycles. The lowest BCUT2D eigenvalue weighted by Gasteiger charge is -2.43. The largest absolute Gasteiger partial charge is 0.303 e. The van der Waals surface area contributed by atoms with Gasteiger partial charge in [-0.05, 0) is 46.1 Å². The van der Waals surface area contributed by atoms with E-state index in [-0.39, 0.29) is 5.54 Å². The van der Waals surface area contributed by atoms with Crippen molar-refractivity contribution in [2.24, 2.45) is 5.92 Å². The van der Waals surface area contributed by atoms with Crippen LogP contribution >= 0.6 is 11.3 Å². The molecule has 0 radical (unpaired) electrons. The highest BCUT2D eigenvalue weighted by Crippen LogP contribution is 2.44. The molecule has 3 nitrogen and oxygen atoms in total. The Hall–Kier alpha value is -0.450. The molecule has 2 aliphatic rings. The first-order valence-electron chi connectivity index (χ1n) is 7.03. The number of rotatable bonds is 3. The summed E-state index contributed by atoms with van der Waals surface area (Å²) in [6, 6.07) is 0.515. The predicted octanol–water partition coefficient (Wildman–Crippen LogP) is 2.37. The Morgan fingerprint density at radius 1 is 1.50 bits per heavy atom. The zero-order chi connectivity index (χ0) is 12.8. The van der Waals surface area contributed by atoms with Crippen LogP contribution in [0.4, 0.5) is 0 Å². The highest BCUT2D eigenvalue weighted by Gasteiger charge is 2.49. The van der Waals surface area contributed by atoms with Crippen LogP contribution < -0.4 is 5.32 Å². The Bertz CT molecular complexity index is 428. The average Bonchev–Trinajstić information content (AvgIpc) is 2.91. The average molecular weight is 265 g/mol. The molecule has 1 aromatic rings. The molecule has 3 unspecified atom stereocenters. The standard InChI is InChI=1S/C14H23N3S/c1-10(2)16-14(13-15-11(3)9-18-13)5-7-17-6-4-12(14)8-17/h9-10,12,16H,4-8H2,1-3H3. The minimum absolute atomic E-state index is 0.139. The summed E-state index contributed by atoms with van der Waals surface area (Å²) in [6.07, 6.45) is 2.53. The maximum atomic E-state index is 4.81. The molecular formula is C14H23N3S. The second kappa shape index (κ2) is 4.58. The first kappa shape index (κ1) is 12.6. The fourth-order valence-corrected chi connectivity index (χ4v) is 4.65. The summed E-state index contributed by atoms with van der Waals surface area (Å²) in [4.78, 5) is 7.42. The molecule has 18 heavy (non-hydrogen) atoms. The van der Waals surface area contributed by atoms with Crippen LogP contribution in [0.15, 0.2) is 5.38 Å². The van der Waals surface area contributed by atoms with Gasteiger partial charge in [-0.25, -0.2) is 4.98 Å². The number of hydrogen-bond donors (Lipinski definition) is 1. The van der Waals surface area contributed by atoms with E-state index >= 15 is 0 Å². The van der Waals surface area contributed by atoms with Crippen LogP contribution in [0, 0.1) is 12.8 Å². The van der Waals surface area contributed by atoms with Gasteiger partial charge in [0.15, 0.2) is 0 Å². The molecule has 3 rings (SSSR count). The third kappa shape index (κ3) is 2.00. The van der Waals surface area contributed by atoms with Gasteiger partial charge in [-0.3, -0.25) is 0 Å². The third-order valence-electron chi connectivity index (χ3n) is 4.34. The Morgan fingerprint density at radius 2 is 2.33 bits per heavy atom. The van der Waals surface area contributed by atoms with Gasteiger partial charge in [0.25, 0.3) is 0 Å². The zero-order valence-electron chi connectivity index (χ0n) is 11.6. The van der Waals surface area contributed by atoms with Gasteiger partial charge in [-0.15, -0.1) is 11.3 Å². The van der Waals surface area contributed by atoms with E-state index in [1.807, 2.05) is 11.3 Å². The molecule has 3 atom stereocenters. The molecule has 3 heterocycles. The van der Waals surface area contributed by atoms with Crippen molar-refractivity contribution in [2.45, 2.75) is 45.2 Å². The first-order valence-corrected chi connectivity index (χ1v) is 7.91. The minimum atomic E-state index is 0.139. The normalized spacial score (nSPS) is 35.3. The van der Waals surface area contributed by atoms with Crippen LogP contribution in [0.3, 0.4) is 0 Å². The van der Waals surface area contributed by atoms with E-state index in [1.165, 1.54) is 43.2 Å². The van der Waals surface area contributed by atoms with Crippen molar-refractivity contribution >= 4 is 11.3 Å². The van der Waals surface area contributed by atoms with E-state index in [2.05, 4.69) is 36.4 Å². The van der Waals surface area contributed by atoms with Gasteiger partial charge in [0.1, 0.15) is 5.01 Å². The maximum Gasteiger partial charge on any atom is 0.113 e. The number of fused-ring (bicyclic) bond motifs is 2. The lowest BCUT2D eigenvalue weighted by Crippen LogP contribution is -2.55. The van der Waals surface area contributed by atoms with Gasteiger partial charge in [0.2, 0.25) is 0 Å². The summed E-state index contributed by atoms with van der Waals surface area (Å²) in [5.41, 5.74) is 1.31. The first-order chi connectivity index (χ1) is 8.60. The molecule has 1 aromatic heterocycles. The van der Waals surface area contributed by atoms with Crippen LogP contribution in [0.2, 0.25) is 0 Å². The Balaban J connectivity index is 1.97. The molecule has 100 valence electrons. The van der Waals surface area contributed by atoms with Crippen molar-refractivity contribution in [3.8, 4) is 0 Å². The van der Waals surface area contributed by atoms with E-state index < -0.39 is 0 Å². The summed E-state index contributed by atoms with van der Waals surface area (Å²) < 4.78 is 0. The summed E-state index contributed by atoms with van der Waals surface area (Å²) >= 11 is 1.84. The van der Waals surface area contributed by atoms with Gasteiger partial charge in [0, 0.05) is 30.2 Å². The Kier molecular flexibility index (Phi) is 3.20. The Morgan fingerprint density at radius 3 is 3.00 bits per heavy atom. The van der Waals surface area contributed by atoms with E-state index in [0.29, 0.717) is 6.04 Å². The summed E-state index contributed by atoms with van der Waals surface area (Å²) in [5, 5.41) is 7.39. The van der Waals surface area contributed by atoms with Crippen LogP contribution in [-0.2, 0) is 5.54 Å². The molecule has 0 saturated carbocycles. The van der Waals surface area contributed by atoms with Gasteiger partial charge < -0.3 is 10.2 Å². The third-order valence-corrected chi connectivity index (χ3v) is 5.48. The number of thiazole rings is 1. The van der Waals surface area contributed by atoms with Crippen LogP contribution in [0.25, 0.3) is 0 Å². The molecule has 4 heteroatoms. The number of piperidine rings is 1. The van der Waals surface area contributed by atoms with Gasteiger partial charge in [-0.1, -0.05) is 0 Å². The number of aryl methyl sites for hydroxylation is 1. The van der Waals surface area contributed by atoms with Gasteiger partial charge in [-0.2, -0.15) is 0 Å². The highest BCUT2D eigenvalue weighted by molar-refractivity contribution is 7.09. The second-order valence-corrected chi connectivity index (χ2v) is 6.96. The van der Waals surface area contributed by atoms with E-state index in [9.17, 15) is 0 Å². The molecular weight excluding hydrogens is 242 g/mol. The second-order valence-electron chi connectivity index (χ2n) is 6.10. The zero-order valence-corrected chi connectivity index (χ0v) is 12.4. The number of nitrogens with one attached hydrogen (secondary N) is 1. The van der Waals surface area contributed by atoms with E-state index in [0.717, 1.165) is 5.92 Å². The maximum absolute atomic E-state index is 4.81. The highest BCUT2D eigenvalue weighted by atomic mass is 32.1. The lowest BCUT2D eigenvalue weighted by atomic mass is 9.78. The summed E-state index contributed by atoms with van der Waals surface area (Å²) in [6.45, 7) is 10.4. The molecule has 0 aliphatic carbocycles. The van der Waals surface area contributed by atoms with E-state index in [4.69, 9.17) is 4.98 Å². The van der Waals surface area contributed by atoms with Crippen molar-refractivity contribution in [3.05, 3.63) is 16.1 Å². The predicted molar refractivity (Wildman–Crippen MR) is 76.0 cm³/mol. The van der Waals surface area contributed by atoms with E-state index in [1.54, 1.807) is 0 Å². The summed E-state index contributed by atoms with van der Waals surface area (Å²) in [7, 11) is 0. The smallest absolute Gasteiger partial charge is 0.113 e. The molecule has 2 fully saturated rings. The molecule has 2 saturated heterocycles. The van der Waals surface area contributed by atoms with Crippen molar-refractivity contribution in [2.75, 3.05) is 19.6 Å². The monoisotopic (exact) mass is 265 g/mol. The Labute approximate surface area is 114 Å². The number of hydrogen-bond acceptors (Lipinski definition) is 4. The van der Waals surface area contributed by atoms with Crippen molar-refractivity contribution < 1.29 is 0 Å². The number of aromatic nitrogens is 1. The minimum Gasteiger partial charge on any atom is -0.303 e. The molecule has 0 spiro atoms. The fraction of sp³-hybridized carbons (Fsp3) is 0.786. The lowest BCUT2D eigenvalue weighted by molar-refractivity contribution is 0.120. The van der Waals surface area contributed by atoms with Gasteiger partial charge >= 0.3 is 0 Å². The van der Waals surface area contributed by atoms with Crippen LogP contribution in [-0.4, -0.2) is 35.6 Å². The molecule has 1 N–H and O–H groups in total. The van der Waals surface area contributed by atoms with Gasteiger partial charge in [0.05, 0.1) is 5.54 Å². The van der Waals surface area contributed by atoms with Crippen LogP contribution in [0.1, 0.15) is 37.4 Å². The van der Waals surface area contributed by atoms with Crippen molar-refractivity contribution in [1.82, 2.24) is 15.2 Å². The molecule has 2 bridgehead atoms. The van der Waals surface area contributed by atoms with Crippen molar-refractivity contribution in [3.63, 3.8) is 0 Å². The molecule has 0 amide bonds. The SMILES string of the molecule is Cc1csc(C2(NC(C)C)CCN3CCC2C3)n1. The van der Waals surface area contributed by atoms with Crippen LogP contribution in [0.5, 0.6) is 0 Å². The fourth-order valence-electron chi connectivity index (χ4n) is 3.58. The number of nitrogens with zero attached hydrogens (tertiary/aromatic N) is 2.